The number of anilines is 1. The van der Waals surface area contributed by atoms with Crippen molar-refractivity contribution in [2.45, 2.75) is 13.8 Å². The third-order valence-corrected chi connectivity index (χ3v) is 5.37. The van der Waals surface area contributed by atoms with E-state index in [4.69, 9.17) is 0 Å². The molecule has 0 aliphatic rings. The number of aromatic amines is 1. The number of sulfonamides is 1. The van der Waals surface area contributed by atoms with Gasteiger partial charge in [-0.05, 0) is 32.0 Å². The Bertz CT molecular complexity index is 1580. The van der Waals surface area contributed by atoms with Crippen molar-refractivity contribution in [3.63, 3.8) is 0 Å². The van der Waals surface area contributed by atoms with Gasteiger partial charge in [0, 0.05) is 13.1 Å². The highest BCUT2D eigenvalue weighted by atomic mass is 32.2. The van der Waals surface area contributed by atoms with Crippen LogP contribution in [-0.2, 0) is 10.0 Å². The molecule has 0 spiro atoms. The number of amides is 1. The third kappa shape index (κ3) is 4.38. The standard InChI is InChI=1S/C19H19N11O3S/c1-4-29(5-2)17(31)15-10-21-19-27-25-12-7-6-11(8-14(12)30(15)19)24-26-18-22-13(9-20)16(23-18)28-34(3,32)33/h6-8,10,28H,4-5H2,1-3H3,(H,22,23). The van der Waals surface area contributed by atoms with Crippen molar-refractivity contribution < 1.29 is 13.2 Å². The fraction of sp³-hybridized carbons (Fsp3) is 0.263. The van der Waals surface area contributed by atoms with Gasteiger partial charge < -0.3 is 9.88 Å². The Kier molecular flexibility index (Phi) is 5.90. The number of nitriles is 1. The Morgan fingerprint density at radius 2 is 2.03 bits per heavy atom. The van der Waals surface area contributed by atoms with Gasteiger partial charge in [-0.2, -0.15) is 10.2 Å². The molecule has 3 heterocycles. The molecule has 14 nitrogen and oxygen atoms in total. The second kappa shape index (κ2) is 8.83. The van der Waals surface area contributed by atoms with Crippen LogP contribution in [0.1, 0.15) is 30.0 Å². The first-order chi connectivity index (χ1) is 16.2. The molecule has 4 rings (SSSR count). The molecule has 0 aliphatic carbocycles. The van der Waals surface area contributed by atoms with E-state index in [2.05, 4.69) is 40.1 Å². The maximum Gasteiger partial charge on any atom is 0.272 e. The number of rotatable bonds is 7. The van der Waals surface area contributed by atoms with Gasteiger partial charge in [-0.15, -0.1) is 20.4 Å². The van der Waals surface area contributed by atoms with Gasteiger partial charge in [0.2, 0.25) is 16.0 Å². The van der Waals surface area contributed by atoms with Crippen LogP contribution >= 0.6 is 0 Å². The molecule has 174 valence electrons. The highest BCUT2D eigenvalue weighted by Gasteiger charge is 2.20. The average molecular weight is 482 g/mol. The topological polar surface area (TPSA) is 187 Å². The minimum atomic E-state index is -3.63. The van der Waals surface area contributed by atoms with Gasteiger partial charge in [0.15, 0.2) is 11.5 Å². The number of aromatic nitrogens is 6. The predicted molar refractivity (Wildman–Crippen MR) is 121 cm³/mol. The van der Waals surface area contributed by atoms with Crippen LogP contribution in [0.5, 0.6) is 0 Å². The Balaban J connectivity index is 1.75. The second-order valence-corrected chi connectivity index (χ2v) is 8.85. The van der Waals surface area contributed by atoms with E-state index in [-0.39, 0.29) is 29.1 Å². The minimum absolute atomic E-state index is 0.0687. The van der Waals surface area contributed by atoms with Crippen LogP contribution in [0.3, 0.4) is 0 Å². The molecular weight excluding hydrogens is 462 g/mol. The third-order valence-electron chi connectivity index (χ3n) is 4.81. The summed E-state index contributed by atoms with van der Waals surface area (Å²) in [5.41, 5.74) is 1.69. The van der Waals surface area contributed by atoms with E-state index < -0.39 is 10.0 Å². The molecule has 1 amide bonds. The van der Waals surface area contributed by atoms with Crippen LogP contribution in [-0.4, -0.2) is 68.1 Å². The summed E-state index contributed by atoms with van der Waals surface area (Å²) in [5.74, 6) is -0.170. The number of azo groups is 1. The number of carbonyl (C=O) groups excluding carboxylic acids is 1. The van der Waals surface area contributed by atoms with Gasteiger partial charge in [-0.3, -0.25) is 13.9 Å². The molecule has 0 atom stereocenters. The monoisotopic (exact) mass is 481 g/mol. The fourth-order valence-corrected chi connectivity index (χ4v) is 3.75. The lowest BCUT2D eigenvalue weighted by molar-refractivity contribution is 0.0766. The molecule has 0 saturated carbocycles. The van der Waals surface area contributed by atoms with Crippen molar-refractivity contribution in [3.8, 4) is 6.07 Å². The van der Waals surface area contributed by atoms with E-state index in [1.807, 2.05) is 13.8 Å². The zero-order valence-electron chi connectivity index (χ0n) is 18.4. The Hall–Kier alpha value is -4.45. The number of imidazole rings is 2. The average Bonchev–Trinajstić information content (AvgIpc) is 3.41. The largest absolute Gasteiger partial charge is 0.338 e. The number of H-pyrrole nitrogens is 1. The summed E-state index contributed by atoms with van der Waals surface area (Å²) in [7, 11) is -3.63. The first kappa shape index (κ1) is 22.7. The highest BCUT2D eigenvalue weighted by Crippen LogP contribution is 2.24. The summed E-state index contributed by atoms with van der Waals surface area (Å²) < 4.78 is 26.6. The van der Waals surface area contributed by atoms with Crippen molar-refractivity contribution in [1.29, 1.82) is 5.26 Å². The van der Waals surface area contributed by atoms with Crippen LogP contribution < -0.4 is 4.72 Å². The summed E-state index contributed by atoms with van der Waals surface area (Å²) in [5, 5.41) is 25.5. The fourth-order valence-electron chi connectivity index (χ4n) is 3.25. The lowest BCUT2D eigenvalue weighted by Crippen LogP contribution is -2.31. The van der Waals surface area contributed by atoms with E-state index in [0.29, 0.717) is 35.5 Å². The molecule has 4 aromatic rings. The number of nitrogens with one attached hydrogen (secondary N) is 2. The Labute approximate surface area is 193 Å². The number of hydrogen-bond acceptors (Lipinski definition) is 10. The van der Waals surface area contributed by atoms with Crippen LogP contribution in [0.2, 0.25) is 0 Å². The van der Waals surface area contributed by atoms with Crippen molar-refractivity contribution in [3.05, 3.63) is 35.8 Å². The van der Waals surface area contributed by atoms with E-state index in [1.54, 1.807) is 33.6 Å². The SMILES string of the molecule is CCN(CC)C(=O)c1cnc2nnc3ccc(N=Nc4nc(NS(C)(=O)=O)c(C#N)[nH]4)cc3n12. The van der Waals surface area contributed by atoms with Crippen LogP contribution in [0, 0.1) is 11.3 Å². The zero-order valence-corrected chi connectivity index (χ0v) is 19.2. The van der Waals surface area contributed by atoms with E-state index in [1.165, 1.54) is 6.20 Å². The summed E-state index contributed by atoms with van der Waals surface area (Å²) in [6.07, 6.45) is 2.40. The molecule has 3 aromatic heterocycles. The summed E-state index contributed by atoms with van der Waals surface area (Å²) in [6.45, 7) is 4.87. The summed E-state index contributed by atoms with van der Waals surface area (Å²) >= 11 is 0. The van der Waals surface area contributed by atoms with Crippen LogP contribution in [0.4, 0.5) is 17.5 Å². The minimum Gasteiger partial charge on any atom is -0.338 e. The number of benzene rings is 1. The summed E-state index contributed by atoms with van der Waals surface area (Å²) in [4.78, 5) is 25.4. The molecule has 0 saturated heterocycles. The smallest absolute Gasteiger partial charge is 0.272 e. The predicted octanol–water partition coefficient (Wildman–Crippen LogP) is 2.14. The van der Waals surface area contributed by atoms with Crippen LogP contribution in [0.15, 0.2) is 34.6 Å². The summed E-state index contributed by atoms with van der Waals surface area (Å²) in [6, 6.07) is 6.77. The number of fused-ring (bicyclic) bond motifs is 3. The van der Waals surface area contributed by atoms with Gasteiger partial charge in [0.1, 0.15) is 17.3 Å². The molecule has 15 heteroatoms. The molecular formula is C19H19N11O3S. The first-order valence-corrected chi connectivity index (χ1v) is 12.0. The van der Waals surface area contributed by atoms with Gasteiger partial charge in [0.05, 0.1) is 23.7 Å². The highest BCUT2D eigenvalue weighted by molar-refractivity contribution is 7.92. The van der Waals surface area contributed by atoms with Crippen molar-refractivity contribution >= 4 is 50.2 Å². The van der Waals surface area contributed by atoms with Gasteiger partial charge in [-0.25, -0.2) is 13.4 Å². The Morgan fingerprint density at radius 1 is 1.26 bits per heavy atom. The van der Waals surface area contributed by atoms with E-state index in [9.17, 15) is 18.5 Å². The number of hydrogen-bond donors (Lipinski definition) is 2. The van der Waals surface area contributed by atoms with Gasteiger partial charge in [0.25, 0.3) is 11.7 Å². The normalized spacial score (nSPS) is 11.8. The van der Waals surface area contributed by atoms with Gasteiger partial charge >= 0.3 is 0 Å². The number of nitrogens with zero attached hydrogens (tertiary/aromatic N) is 9. The quantitative estimate of drug-likeness (QED) is 0.375. The molecule has 34 heavy (non-hydrogen) atoms. The maximum absolute atomic E-state index is 13.0. The van der Waals surface area contributed by atoms with E-state index >= 15 is 0 Å². The van der Waals surface area contributed by atoms with Crippen molar-refractivity contribution in [1.82, 2.24) is 34.4 Å². The first-order valence-electron chi connectivity index (χ1n) is 10.1. The van der Waals surface area contributed by atoms with Crippen molar-refractivity contribution in [2.75, 3.05) is 24.1 Å². The second-order valence-electron chi connectivity index (χ2n) is 7.10. The van der Waals surface area contributed by atoms with E-state index in [0.717, 1.165) is 6.26 Å². The maximum atomic E-state index is 13.0. The lowest BCUT2D eigenvalue weighted by Gasteiger charge is -2.18. The number of carbonyl (C=O) groups is 1. The molecule has 0 unspecified atom stereocenters. The Morgan fingerprint density at radius 3 is 2.71 bits per heavy atom. The zero-order chi connectivity index (χ0) is 24.5. The van der Waals surface area contributed by atoms with Crippen LogP contribution in [0.25, 0.3) is 16.8 Å². The lowest BCUT2D eigenvalue weighted by atomic mass is 10.2. The molecule has 0 aliphatic heterocycles. The molecule has 1 aromatic carbocycles. The molecule has 0 fully saturated rings. The molecule has 0 radical (unpaired) electrons. The van der Waals surface area contributed by atoms with Gasteiger partial charge in [-0.1, -0.05) is 0 Å². The molecule has 0 bridgehead atoms. The van der Waals surface area contributed by atoms with Crippen molar-refractivity contribution in [2.24, 2.45) is 10.2 Å². The molecule has 2 N–H and O–H groups in total.